The van der Waals surface area contributed by atoms with Crippen LogP contribution >= 0.6 is 11.3 Å². The number of anilines is 1. The van der Waals surface area contributed by atoms with Gasteiger partial charge in [0.05, 0.1) is 12.8 Å². The number of thiophene rings is 1. The van der Waals surface area contributed by atoms with E-state index in [1.54, 1.807) is 6.92 Å². The zero-order valence-electron chi connectivity index (χ0n) is 14.4. The molecule has 0 bridgehead atoms. The van der Waals surface area contributed by atoms with Crippen LogP contribution in [-0.2, 0) is 16.0 Å². The molecule has 5 nitrogen and oxygen atoms in total. The molecule has 0 aliphatic heterocycles. The van der Waals surface area contributed by atoms with Crippen LogP contribution in [-0.4, -0.2) is 17.5 Å². The molecule has 2 amide bonds. The van der Waals surface area contributed by atoms with E-state index in [0.717, 1.165) is 21.3 Å². The lowest BCUT2D eigenvalue weighted by molar-refractivity contribution is -0.120. The molecule has 1 aromatic heterocycles. The Kier molecular flexibility index (Phi) is 5.76. The van der Waals surface area contributed by atoms with Gasteiger partial charge in [-0.25, -0.2) is 5.43 Å². The summed E-state index contributed by atoms with van der Waals surface area (Å²) in [6, 6.07) is 17.5. The van der Waals surface area contributed by atoms with Crippen molar-refractivity contribution in [3.63, 3.8) is 0 Å². The minimum atomic E-state index is -0.193. The molecule has 0 unspecified atom stereocenters. The van der Waals surface area contributed by atoms with Crippen molar-refractivity contribution in [3.8, 4) is 0 Å². The standard InChI is InChI=1S/C20H19N3O2S/c1-14(22-23-20(25)13-16-8-5-11-26-16)12-19(24)21-18-10-4-7-15-6-2-3-9-17(15)18/h2-11H,12-13H2,1H3,(H,21,24)(H,23,25). The first-order chi connectivity index (χ1) is 12.6. The van der Waals surface area contributed by atoms with Crippen molar-refractivity contribution in [3.05, 3.63) is 64.9 Å². The molecule has 2 N–H and O–H groups in total. The Morgan fingerprint density at radius 3 is 2.62 bits per heavy atom. The van der Waals surface area contributed by atoms with E-state index in [9.17, 15) is 9.59 Å². The van der Waals surface area contributed by atoms with Crippen LogP contribution < -0.4 is 10.7 Å². The zero-order chi connectivity index (χ0) is 18.4. The zero-order valence-corrected chi connectivity index (χ0v) is 15.2. The molecule has 3 rings (SSSR count). The van der Waals surface area contributed by atoms with Crippen LogP contribution in [0.4, 0.5) is 5.69 Å². The number of carbonyl (C=O) groups is 2. The maximum absolute atomic E-state index is 12.3. The van der Waals surface area contributed by atoms with Gasteiger partial charge in [-0.05, 0) is 29.8 Å². The van der Waals surface area contributed by atoms with Crippen molar-refractivity contribution < 1.29 is 9.59 Å². The highest BCUT2D eigenvalue weighted by molar-refractivity contribution is 7.10. The number of amides is 2. The summed E-state index contributed by atoms with van der Waals surface area (Å²) < 4.78 is 0. The molecule has 0 aliphatic carbocycles. The largest absolute Gasteiger partial charge is 0.325 e. The fourth-order valence-corrected chi connectivity index (χ4v) is 3.27. The number of hydrogen-bond donors (Lipinski definition) is 2. The molecule has 0 saturated heterocycles. The van der Waals surface area contributed by atoms with E-state index in [-0.39, 0.29) is 24.7 Å². The quantitative estimate of drug-likeness (QED) is 0.513. The number of nitrogens with one attached hydrogen (secondary N) is 2. The van der Waals surface area contributed by atoms with E-state index in [4.69, 9.17) is 0 Å². The predicted molar refractivity (Wildman–Crippen MR) is 106 cm³/mol. The first kappa shape index (κ1) is 17.8. The Hall–Kier alpha value is -2.99. The number of fused-ring (bicyclic) bond motifs is 1. The molecule has 0 fully saturated rings. The Morgan fingerprint density at radius 1 is 1.00 bits per heavy atom. The van der Waals surface area contributed by atoms with E-state index in [1.165, 1.54) is 11.3 Å². The fraction of sp³-hybridized carbons (Fsp3) is 0.150. The monoisotopic (exact) mass is 365 g/mol. The molecular weight excluding hydrogens is 346 g/mol. The Bertz CT molecular complexity index is 943. The Labute approximate surface area is 155 Å². The van der Waals surface area contributed by atoms with Crippen molar-refractivity contribution >= 4 is 45.3 Å². The molecule has 1 heterocycles. The minimum absolute atomic E-state index is 0.114. The molecule has 2 aromatic carbocycles. The van der Waals surface area contributed by atoms with E-state index in [0.29, 0.717) is 5.71 Å². The molecule has 0 spiro atoms. The summed E-state index contributed by atoms with van der Waals surface area (Å²) in [7, 11) is 0. The molecule has 0 atom stereocenters. The van der Waals surface area contributed by atoms with E-state index in [1.807, 2.05) is 60.0 Å². The molecule has 0 radical (unpaired) electrons. The van der Waals surface area contributed by atoms with Crippen molar-refractivity contribution in [1.82, 2.24) is 5.43 Å². The van der Waals surface area contributed by atoms with Crippen molar-refractivity contribution in [1.29, 1.82) is 0 Å². The molecule has 0 saturated carbocycles. The molecule has 0 aliphatic rings. The predicted octanol–water partition coefficient (Wildman–Crippen LogP) is 3.96. The van der Waals surface area contributed by atoms with Gasteiger partial charge >= 0.3 is 0 Å². The highest BCUT2D eigenvalue weighted by Crippen LogP contribution is 2.23. The molecular formula is C20H19N3O2S. The second-order valence-electron chi connectivity index (χ2n) is 5.89. The summed E-state index contributed by atoms with van der Waals surface area (Å²) in [6.45, 7) is 1.72. The first-order valence-corrected chi connectivity index (χ1v) is 9.12. The van der Waals surface area contributed by atoms with E-state index < -0.39 is 0 Å². The lowest BCUT2D eigenvalue weighted by Gasteiger charge is -2.08. The number of benzene rings is 2. The highest BCUT2D eigenvalue weighted by atomic mass is 32.1. The van der Waals surface area contributed by atoms with Gasteiger partial charge in [-0.15, -0.1) is 11.3 Å². The Balaban J connectivity index is 1.56. The van der Waals surface area contributed by atoms with Crippen molar-refractivity contribution in [2.45, 2.75) is 19.8 Å². The summed E-state index contributed by atoms with van der Waals surface area (Å²) in [6.07, 6.45) is 0.402. The number of nitrogens with zero attached hydrogens (tertiary/aromatic N) is 1. The first-order valence-electron chi connectivity index (χ1n) is 8.24. The van der Waals surface area contributed by atoms with Crippen LogP contribution in [0, 0.1) is 0 Å². The normalized spacial score (nSPS) is 11.3. The summed E-state index contributed by atoms with van der Waals surface area (Å²) in [5, 5.41) is 10.9. The number of hydrogen-bond acceptors (Lipinski definition) is 4. The third-order valence-electron chi connectivity index (χ3n) is 3.77. The van der Waals surface area contributed by atoms with Crippen molar-refractivity contribution in [2.75, 3.05) is 5.32 Å². The number of rotatable bonds is 6. The lowest BCUT2D eigenvalue weighted by Crippen LogP contribution is -2.22. The van der Waals surface area contributed by atoms with E-state index in [2.05, 4.69) is 15.8 Å². The van der Waals surface area contributed by atoms with E-state index >= 15 is 0 Å². The van der Waals surface area contributed by atoms with Gasteiger partial charge in [0.25, 0.3) is 0 Å². The maximum atomic E-state index is 12.3. The summed E-state index contributed by atoms with van der Waals surface area (Å²) >= 11 is 1.52. The molecule has 26 heavy (non-hydrogen) atoms. The van der Waals surface area contributed by atoms with Crippen LogP contribution in [0.15, 0.2) is 65.1 Å². The second kappa shape index (κ2) is 8.40. The number of carbonyl (C=O) groups excluding carboxylic acids is 2. The van der Waals surface area contributed by atoms with Crippen LogP contribution in [0.3, 0.4) is 0 Å². The minimum Gasteiger partial charge on any atom is -0.325 e. The number of hydrazone groups is 1. The second-order valence-corrected chi connectivity index (χ2v) is 6.92. The van der Waals surface area contributed by atoms with Gasteiger partial charge in [0.2, 0.25) is 11.8 Å². The van der Waals surface area contributed by atoms with Crippen LogP contribution in [0.1, 0.15) is 18.2 Å². The SMILES string of the molecule is CC(CC(=O)Nc1cccc2ccccc12)=NNC(=O)Cc1cccs1. The molecule has 6 heteroatoms. The third-order valence-corrected chi connectivity index (χ3v) is 4.64. The third kappa shape index (κ3) is 4.77. The van der Waals surface area contributed by atoms with Crippen LogP contribution in [0.25, 0.3) is 10.8 Å². The summed E-state index contributed by atoms with van der Waals surface area (Å²) in [4.78, 5) is 25.1. The van der Waals surface area contributed by atoms with Crippen molar-refractivity contribution in [2.24, 2.45) is 5.10 Å². The fourth-order valence-electron chi connectivity index (χ4n) is 2.57. The van der Waals surface area contributed by atoms with Gasteiger partial charge in [0, 0.05) is 21.7 Å². The lowest BCUT2D eigenvalue weighted by atomic mass is 10.1. The smallest absolute Gasteiger partial charge is 0.245 e. The maximum Gasteiger partial charge on any atom is 0.245 e. The van der Waals surface area contributed by atoms with Gasteiger partial charge in [0.15, 0.2) is 0 Å². The molecule has 132 valence electrons. The van der Waals surface area contributed by atoms with Crippen LogP contribution in [0.5, 0.6) is 0 Å². The topological polar surface area (TPSA) is 70.6 Å². The Morgan fingerprint density at radius 2 is 1.81 bits per heavy atom. The average molecular weight is 365 g/mol. The average Bonchev–Trinajstić information content (AvgIpc) is 3.13. The van der Waals surface area contributed by atoms with Gasteiger partial charge in [-0.3, -0.25) is 9.59 Å². The summed E-state index contributed by atoms with van der Waals surface area (Å²) in [5.74, 6) is -0.364. The van der Waals surface area contributed by atoms with Crippen LogP contribution in [0.2, 0.25) is 0 Å². The summed E-state index contributed by atoms with van der Waals surface area (Å²) in [5.41, 5.74) is 3.81. The van der Waals surface area contributed by atoms with Gasteiger partial charge in [-0.1, -0.05) is 42.5 Å². The van der Waals surface area contributed by atoms with Gasteiger partial charge in [0.1, 0.15) is 0 Å². The highest BCUT2D eigenvalue weighted by Gasteiger charge is 2.08. The van der Waals surface area contributed by atoms with Gasteiger partial charge < -0.3 is 5.32 Å². The molecule has 3 aromatic rings. The van der Waals surface area contributed by atoms with Gasteiger partial charge in [-0.2, -0.15) is 5.10 Å².